The third-order valence-electron chi connectivity index (χ3n) is 12.1. The molecular formula is C52H69BrN10O10S2. The molecule has 0 fully saturated rings. The van der Waals surface area contributed by atoms with Crippen molar-refractivity contribution in [2.75, 3.05) is 18.1 Å². The van der Waals surface area contributed by atoms with Crippen molar-refractivity contribution in [3.8, 4) is 5.75 Å². The summed E-state index contributed by atoms with van der Waals surface area (Å²) in [5.41, 5.74) is 19.4. The number of fused-ring (bicyclic) bond motifs is 1. The van der Waals surface area contributed by atoms with Crippen molar-refractivity contribution in [2.45, 2.75) is 114 Å². The molecule has 9 atom stereocenters. The van der Waals surface area contributed by atoms with Crippen LogP contribution in [-0.2, 0) is 57.6 Å². The number of amides is 8. The van der Waals surface area contributed by atoms with Crippen molar-refractivity contribution in [1.29, 1.82) is 0 Å². The molecule has 406 valence electrons. The molecule has 75 heavy (non-hydrogen) atoms. The lowest BCUT2D eigenvalue weighted by Crippen LogP contribution is -2.62. The summed E-state index contributed by atoms with van der Waals surface area (Å²) in [7, 11) is 0. The molecule has 0 aromatic heterocycles. The summed E-state index contributed by atoms with van der Waals surface area (Å²) in [4.78, 5) is 109. The third-order valence-corrected chi connectivity index (χ3v) is 13.3. The van der Waals surface area contributed by atoms with Gasteiger partial charge in [0, 0.05) is 28.8 Å². The van der Waals surface area contributed by atoms with Crippen LogP contribution in [0, 0.1) is 5.92 Å². The summed E-state index contributed by atoms with van der Waals surface area (Å²) >= 11 is 12.0. The maximum Gasteiger partial charge on any atom is 0.244 e. The highest BCUT2D eigenvalue weighted by atomic mass is 79.9. The third kappa shape index (κ3) is 19.4. The van der Waals surface area contributed by atoms with Crippen LogP contribution in [0.25, 0.3) is 10.8 Å². The molecule has 0 aliphatic rings. The van der Waals surface area contributed by atoms with Gasteiger partial charge in [-0.05, 0) is 96.8 Å². The van der Waals surface area contributed by atoms with Gasteiger partial charge in [0.2, 0.25) is 47.3 Å². The van der Waals surface area contributed by atoms with Gasteiger partial charge in [0.05, 0.1) is 12.1 Å². The van der Waals surface area contributed by atoms with Gasteiger partial charge in [-0.2, -0.15) is 25.3 Å². The second-order valence-corrected chi connectivity index (χ2v) is 20.2. The number of carbonyl (C=O) groups is 8. The van der Waals surface area contributed by atoms with Crippen LogP contribution < -0.4 is 54.4 Å². The number of carbonyl (C=O) groups excluding carboxylic acids is 8. The molecule has 8 amide bonds. The quantitative estimate of drug-likeness (QED) is 0.0262. The number of aliphatic hydroxyl groups is 1. The van der Waals surface area contributed by atoms with Crippen molar-refractivity contribution in [2.24, 2.45) is 23.1 Å². The molecule has 0 aliphatic heterocycles. The summed E-state index contributed by atoms with van der Waals surface area (Å²) in [6.07, 6.45) is -0.542. The highest BCUT2D eigenvalue weighted by Crippen LogP contribution is 2.18. The monoisotopic (exact) mass is 1140 g/mol. The number of nitrogens with two attached hydrogens (primary N) is 3. The topological polar surface area (TPSA) is 339 Å². The zero-order valence-corrected chi connectivity index (χ0v) is 45.3. The van der Waals surface area contributed by atoms with Gasteiger partial charge in [0.15, 0.2) is 0 Å². The first-order valence-electron chi connectivity index (χ1n) is 24.4. The Labute approximate surface area is 455 Å². The predicted molar refractivity (Wildman–Crippen MR) is 295 cm³/mol. The van der Waals surface area contributed by atoms with Gasteiger partial charge in [-0.3, -0.25) is 38.4 Å². The van der Waals surface area contributed by atoms with E-state index in [0.717, 1.165) is 16.3 Å². The molecule has 0 spiro atoms. The molecule has 15 N–H and O–H groups in total. The summed E-state index contributed by atoms with van der Waals surface area (Å²) in [5, 5.41) is 40.3. The Bertz CT molecular complexity index is 2610. The number of phenolic OH excluding ortho intramolecular Hbond substituents is 1. The van der Waals surface area contributed by atoms with Crippen molar-refractivity contribution < 1.29 is 48.6 Å². The van der Waals surface area contributed by atoms with E-state index in [0.29, 0.717) is 28.4 Å². The number of phenols is 1. The fraction of sp³-hybridized carbons (Fsp3) is 0.423. The lowest BCUT2D eigenvalue weighted by atomic mass is 10.00. The van der Waals surface area contributed by atoms with E-state index < -0.39 is 108 Å². The smallest absolute Gasteiger partial charge is 0.244 e. The van der Waals surface area contributed by atoms with Gasteiger partial charge in [-0.1, -0.05) is 96.5 Å². The fourth-order valence-electron chi connectivity index (χ4n) is 7.88. The highest BCUT2D eigenvalue weighted by Gasteiger charge is 2.35. The minimum atomic E-state index is -1.46. The lowest BCUT2D eigenvalue weighted by molar-refractivity contribution is -0.136. The standard InChI is InChI=1S/C52H69BrN10O10S2/c1-28(2)43(52(73)61-42(27-75)51(72)63-44(29(3)64)45(56)66)62-47(68)38(13-6-7-20-54)57-48(69)40(25-31-9-8-12-35(53)22-31)58-49(70)39(24-30-15-18-36(65)19-16-30)59-50(71)41(26-74)60-46(67)37(55)23-32-14-17-33-10-4-5-11-34(33)21-32/h4-5,8-12,14-19,21-22,28-29,37-44,64-65,74-75H,6-7,13,20,23-27,54-55H2,1-3H3,(H2,56,66)(H,57,69)(H,58,70)(H,59,71)(H,60,67)(H,61,73)(H,62,68)(H,63,72)/t29-,37+,38+,39+,40-,41+,42+,43+,44+/m1/s1. The number of primary amides is 1. The molecule has 0 heterocycles. The van der Waals surface area contributed by atoms with Crippen LogP contribution in [0.1, 0.15) is 56.7 Å². The summed E-state index contributed by atoms with van der Waals surface area (Å²) in [5.74, 6) is -7.50. The number of benzene rings is 4. The van der Waals surface area contributed by atoms with Crippen LogP contribution >= 0.6 is 41.2 Å². The van der Waals surface area contributed by atoms with Crippen LogP contribution in [0.3, 0.4) is 0 Å². The molecule has 0 saturated heterocycles. The highest BCUT2D eigenvalue weighted by molar-refractivity contribution is 9.10. The maximum atomic E-state index is 14.6. The minimum Gasteiger partial charge on any atom is -0.508 e. The van der Waals surface area contributed by atoms with Gasteiger partial charge in [0.25, 0.3) is 0 Å². The van der Waals surface area contributed by atoms with Crippen LogP contribution in [0.15, 0.2) is 95.5 Å². The van der Waals surface area contributed by atoms with Crippen molar-refractivity contribution >= 4 is 99.2 Å². The first kappa shape index (κ1) is 61.3. The Morgan fingerprint density at radius 1 is 0.547 bits per heavy atom. The van der Waals surface area contributed by atoms with Crippen molar-refractivity contribution in [3.05, 3.63) is 112 Å². The Morgan fingerprint density at radius 2 is 1.04 bits per heavy atom. The molecule has 0 unspecified atom stereocenters. The van der Waals surface area contributed by atoms with Crippen LogP contribution in [0.5, 0.6) is 5.75 Å². The minimum absolute atomic E-state index is 0.0456. The first-order chi connectivity index (χ1) is 35.6. The zero-order valence-electron chi connectivity index (χ0n) is 42.0. The maximum absolute atomic E-state index is 14.6. The van der Waals surface area contributed by atoms with Crippen LogP contribution in [0.2, 0.25) is 0 Å². The van der Waals surface area contributed by atoms with E-state index in [-0.39, 0.29) is 49.5 Å². The van der Waals surface area contributed by atoms with E-state index in [1.165, 1.54) is 19.1 Å². The first-order valence-corrected chi connectivity index (χ1v) is 26.5. The van der Waals surface area contributed by atoms with Crippen LogP contribution in [-0.4, -0.2) is 130 Å². The lowest BCUT2D eigenvalue weighted by Gasteiger charge is -2.29. The molecule has 4 aromatic rings. The largest absolute Gasteiger partial charge is 0.508 e. The van der Waals surface area contributed by atoms with E-state index in [2.05, 4.69) is 78.4 Å². The SMILES string of the molecule is CC(C)[C@H](NC(=O)[C@H](CCCCN)NC(=O)[C@@H](Cc1cccc(Br)c1)NC(=O)[C@H](Cc1ccc(O)cc1)NC(=O)[C@H](CS)NC(=O)[C@@H](N)Cc1ccc2ccccc2c1)C(=O)N[C@@H](CS)C(=O)N[C@H](C(N)=O)[C@@H](C)O. The summed E-state index contributed by atoms with van der Waals surface area (Å²) in [6, 6.07) is 15.9. The number of aromatic hydroxyl groups is 1. The molecule has 20 nitrogen and oxygen atoms in total. The predicted octanol–water partition coefficient (Wildman–Crippen LogP) is 0.567. The number of aliphatic hydroxyl groups excluding tert-OH is 1. The number of unbranched alkanes of at least 4 members (excludes halogenated alkanes) is 1. The molecule has 4 rings (SSSR count). The molecular weight excluding hydrogens is 1070 g/mol. The number of rotatable bonds is 29. The Hall–Kier alpha value is -6.24. The Morgan fingerprint density at radius 3 is 1.60 bits per heavy atom. The van der Waals surface area contributed by atoms with Gasteiger partial charge in [-0.15, -0.1) is 0 Å². The Balaban J connectivity index is 1.58. The molecule has 4 aromatic carbocycles. The fourth-order valence-corrected chi connectivity index (χ4v) is 8.84. The van der Waals surface area contributed by atoms with Gasteiger partial charge < -0.3 is 64.6 Å². The normalized spacial score (nSPS) is 14.9. The van der Waals surface area contributed by atoms with Crippen molar-refractivity contribution in [3.63, 3.8) is 0 Å². The van der Waals surface area contributed by atoms with Gasteiger partial charge in [-0.25, -0.2) is 0 Å². The van der Waals surface area contributed by atoms with E-state index in [4.69, 9.17) is 17.2 Å². The molecule has 0 aliphatic carbocycles. The number of thiol groups is 2. The van der Waals surface area contributed by atoms with E-state index in [9.17, 15) is 48.6 Å². The molecule has 0 bridgehead atoms. The number of hydrogen-bond acceptors (Lipinski definition) is 14. The van der Waals surface area contributed by atoms with E-state index in [1.54, 1.807) is 50.2 Å². The van der Waals surface area contributed by atoms with E-state index >= 15 is 0 Å². The molecule has 0 saturated carbocycles. The zero-order chi connectivity index (χ0) is 55.4. The molecule has 23 heteroatoms. The van der Waals surface area contributed by atoms with Crippen molar-refractivity contribution in [1.82, 2.24) is 37.2 Å². The number of hydrogen-bond donors (Lipinski definition) is 14. The second kappa shape index (κ2) is 30.3. The Kier molecular flexibility index (Phi) is 24.8. The second-order valence-electron chi connectivity index (χ2n) is 18.5. The van der Waals surface area contributed by atoms with Gasteiger partial charge >= 0.3 is 0 Å². The summed E-state index contributed by atoms with van der Waals surface area (Å²) in [6.45, 7) is 4.81. The number of nitrogens with one attached hydrogen (secondary N) is 7. The van der Waals surface area contributed by atoms with Gasteiger partial charge in [0.1, 0.15) is 48.0 Å². The van der Waals surface area contributed by atoms with E-state index in [1.807, 2.05) is 42.5 Å². The average Bonchev–Trinajstić information content (AvgIpc) is 3.37. The molecule has 0 radical (unpaired) electrons. The number of halogens is 1. The van der Waals surface area contributed by atoms with Crippen LogP contribution in [0.4, 0.5) is 0 Å². The summed E-state index contributed by atoms with van der Waals surface area (Å²) < 4.78 is 0.671. The average molecular weight is 1140 g/mol.